The molecular weight excluding hydrogens is 354 g/mol. The van der Waals surface area contributed by atoms with Crippen molar-refractivity contribution < 1.29 is 14.3 Å². The average Bonchev–Trinajstić information content (AvgIpc) is 3.49. The van der Waals surface area contributed by atoms with Crippen molar-refractivity contribution in [3.8, 4) is 5.75 Å². The van der Waals surface area contributed by atoms with E-state index >= 15 is 0 Å². The number of para-hydroxylation sites is 1. The van der Waals surface area contributed by atoms with Crippen molar-refractivity contribution >= 4 is 11.8 Å². The van der Waals surface area contributed by atoms with Gasteiger partial charge in [-0.05, 0) is 37.7 Å². The maximum atomic E-state index is 12.8. The lowest BCUT2D eigenvalue weighted by atomic mass is 10.1. The topological polar surface area (TPSA) is 53.1 Å². The molecule has 0 radical (unpaired) electrons. The molecule has 1 aromatic carbocycles. The van der Waals surface area contributed by atoms with Crippen LogP contribution in [-0.2, 0) is 16.0 Å². The van der Waals surface area contributed by atoms with Crippen molar-refractivity contribution in [2.24, 2.45) is 5.92 Å². The lowest BCUT2D eigenvalue weighted by Gasteiger charge is -2.26. The van der Waals surface area contributed by atoms with E-state index in [4.69, 9.17) is 4.74 Å². The molecule has 2 aliphatic heterocycles. The van der Waals surface area contributed by atoms with Crippen LogP contribution >= 0.6 is 0 Å². The number of benzene rings is 1. The van der Waals surface area contributed by atoms with Gasteiger partial charge in [0.15, 0.2) is 0 Å². The van der Waals surface area contributed by atoms with Crippen LogP contribution in [0.3, 0.4) is 0 Å². The van der Waals surface area contributed by atoms with Gasteiger partial charge >= 0.3 is 0 Å². The minimum Gasteiger partial charge on any atom is -0.496 e. The third-order valence-corrected chi connectivity index (χ3v) is 6.30. The second-order valence-corrected chi connectivity index (χ2v) is 8.29. The highest BCUT2D eigenvalue weighted by Gasteiger charge is 2.38. The molecule has 3 aliphatic rings. The summed E-state index contributed by atoms with van der Waals surface area (Å²) in [5.74, 6) is 1.95. The Bertz CT molecular complexity index is 719. The molecule has 2 heterocycles. The summed E-state index contributed by atoms with van der Waals surface area (Å²) in [6.07, 6.45) is 4.77. The summed E-state index contributed by atoms with van der Waals surface area (Å²) in [6, 6.07) is 7.72. The first kappa shape index (κ1) is 19.2. The zero-order valence-electron chi connectivity index (χ0n) is 16.8. The number of methoxy groups -OCH3 is 1. The SMILES string of the molecule is COc1ccccc1CC(=O)N1CCCN([C@H]2CCN(CC3CC3)C2=O)CC1. The van der Waals surface area contributed by atoms with Gasteiger partial charge in [-0.15, -0.1) is 0 Å². The molecule has 1 aliphatic carbocycles. The third-order valence-electron chi connectivity index (χ3n) is 6.30. The molecular formula is C22H31N3O3. The number of carbonyl (C=O) groups excluding carboxylic acids is 2. The largest absolute Gasteiger partial charge is 0.496 e. The Hall–Kier alpha value is -2.08. The number of ether oxygens (including phenoxy) is 1. The van der Waals surface area contributed by atoms with Gasteiger partial charge in [0.05, 0.1) is 19.6 Å². The van der Waals surface area contributed by atoms with Gasteiger partial charge in [0.2, 0.25) is 11.8 Å². The van der Waals surface area contributed by atoms with Gasteiger partial charge < -0.3 is 14.5 Å². The van der Waals surface area contributed by atoms with E-state index in [0.29, 0.717) is 18.9 Å². The van der Waals surface area contributed by atoms with Gasteiger partial charge in [-0.2, -0.15) is 0 Å². The van der Waals surface area contributed by atoms with Crippen LogP contribution in [0.2, 0.25) is 0 Å². The lowest BCUT2D eigenvalue weighted by Crippen LogP contribution is -2.44. The van der Waals surface area contributed by atoms with Gasteiger partial charge in [0, 0.05) is 44.8 Å². The smallest absolute Gasteiger partial charge is 0.240 e. The highest BCUT2D eigenvalue weighted by atomic mass is 16.5. The summed E-state index contributed by atoms with van der Waals surface area (Å²) in [7, 11) is 1.64. The second-order valence-electron chi connectivity index (χ2n) is 8.29. The van der Waals surface area contributed by atoms with Crippen LogP contribution in [0.1, 0.15) is 31.2 Å². The minimum absolute atomic E-state index is 0.0167. The maximum Gasteiger partial charge on any atom is 0.240 e. The molecule has 0 bridgehead atoms. The molecule has 3 fully saturated rings. The van der Waals surface area contributed by atoms with Crippen molar-refractivity contribution in [3.05, 3.63) is 29.8 Å². The molecule has 2 saturated heterocycles. The Labute approximate surface area is 167 Å². The van der Waals surface area contributed by atoms with E-state index < -0.39 is 0 Å². The molecule has 6 heteroatoms. The Morgan fingerprint density at radius 3 is 2.68 bits per heavy atom. The van der Waals surface area contributed by atoms with Crippen molar-refractivity contribution in [3.63, 3.8) is 0 Å². The molecule has 28 heavy (non-hydrogen) atoms. The molecule has 1 aromatic rings. The molecule has 0 aromatic heterocycles. The molecule has 6 nitrogen and oxygen atoms in total. The van der Waals surface area contributed by atoms with Gasteiger partial charge in [0.1, 0.15) is 5.75 Å². The second kappa shape index (κ2) is 8.52. The number of hydrogen-bond donors (Lipinski definition) is 0. The quantitative estimate of drug-likeness (QED) is 0.749. The van der Waals surface area contributed by atoms with E-state index in [9.17, 15) is 9.59 Å². The Balaban J connectivity index is 1.32. The molecule has 0 N–H and O–H groups in total. The van der Waals surface area contributed by atoms with Gasteiger partial charge in [-0.1, -0.05) is 18.2 Å². The number of nitrogens with zero attached hydrogens (tertiary/aromatic N) is 3. The molecule has 4 rings (SSSR count). The van der Waals surface area contributed by atoms with Crippen LogP contribution in [0.5, 0.6) is 5.75 Å². The molecule has 0 spiro atoms. The Morgan fingerprint density at radius 2 is 1.89 bits per heavy atom. The predicted molar refractivity (Wildman–Crippen MR) is 107 cm³/mol. The van der Waals surface area contributed by atoms with Crippen LogP contribution < -0.4 is 4.74 Å². The van der Waals surface area contributed by atoms with Crippen molar-refractivity contribution in [2.75, 3.05) is 46.4 Å². The van der Waals surface area contributed by atoms with Gasteiger partial charge in [-0.3, -0.25) is 14.5 Å². The van der Waals surface area contributed by atoms with E-state index in [1.165, 1.54) is 12.8 Å². The summed E-state index contributed by atoms with van der Waals surface area (Å²) < 4.78 is 5.38. The standard InChI is InChI=1S/C22H31N3O3/c1-28-20-6-3-2-5-18(20)15-21(26)24-11-4-10-23(13-14-24)19-9-12-25(22(19)27)16-17-7-8-17/h2-3,5-6,17,19H,4,7-16H2,1H3/t19-/m0/s1. The van der Waals surface area contributed by atoms with Crippen LogP contribution in [0.4, 0.5) is 0 Å². The molecule has 152 valence electrons. The fourth-order valence-electron chi connectivity index (χ4n) is 4.48. The average molecular weight is 386 g/mol. The molecule has 0 unspecified atom stereocenters. The van der Waals surface area contributed by atoms with E-state index in [1.807, 2.05) is 29.2 Å². The summed E-state index contributed by atoms with van der Waals surface area (Å²) >= 11 is 0. The number of amides is 2. The minimum atomic E-state index is 0.0167. The fourth-order valence-corrected chi connectivity index (χ4v) is 4.48. The lowest BCUT2D eigenvalue weighted by molar-refractivity contribution is -0.132. The molecule has 2 amide bonds. The first-order chi connectivity index (χ1) is 13.7. The predicted octanol–water partition coefficient (Wildman–Crippen LogP) is 1.78. The van der Waals surface area contributed by atoms with Crippen LogP contribution in [0.25, 0.3) is 0 Å². The third kappa shape index (κ3) is 4.32. The van der Waals surface area contributed by atoms with Crippen LogP contribution in [0.15, 0.2) is 24.3 Å². The highest BCUT2D eigenvalue weighted by molar-refractivity contribution is 5.84. The Kier molecular flexibility index (Phi) is 5.85. The molecule has 1 atom stereocenters. The number of hydrogen-bond acceptors (Lipinski definition) is 4. The first-order valence-corrected chi connectivity index (χ1v) is 10.6. The summed E-state index contributed by atoms with van der Waals surface area (Å²) in [5, 5.41) is 0. The molecule has 1 saturated carbocycles. The Morgan fingerprint density at radius 1 is 1.07 bits per heavy atom. The number of carbonyl (C=O) groups is 2. The van der Waals surface area contributed by atoms with E-state index in [1.54, 1.807) is 7.11 Å². The highest BCUT2D eigenvalue weighted by Crippen LogP contribution is 2.31. The zero-order chi connectivity index (χ0) is 19.5. The van der Waals surface area contributed by atoms with Crippen molar-refractivity contribution in [1.82, 2.24) is 14.7 Å². The summed E-state index contributed by atoms with van der Waals surface area (Å²) in [4.78, 5) is 32.0. The van der Waals surface area contributed by atoms with Crippen LogP contribution in [-0.4, -0.2) is 78.9 Å². The first-order valence-electron chi connectivity index (χ1n) is 10.6. The van der Waals surface area contributed by atoms with Gasteiger partial charge in [0.25, 0.3) is 0 Å². The zero-order valence-corrected chi connectivity index (χ0v) is 16.8. The van der Waals surface area contributed by atoms with Crippen molar-refractivity contribution in [1.29, 1.82) is 0 Å². The van der Waals surface area contributed by atoms with E-state index in [-0.39, 0.29) is 11.9 Å². The van der Waals surface area contributed by atoms with Crippen LogP contribution in [0, 0.1) is 5.92 Å². The summed E-state index contributed by atoms with van der Waals surface area (Å²) in [5.41, 5.74) is 0.929. The number of rotatable bonds is 6. The van der Waals surface area contributed by atoms with E-state index in [2.05, 4.69) is 9.80 Å². The van der Waals surface area contributed by atoms with E-state index in [0.717, 1.165) is 62.8 Å². The normalized spacial score (nSPS) is 23.8. The number of likely N-dealkylation sites (tertiary alicyclic amines) is 1. The maximum absolute atomic E-state index is 12.8. The fraction of sp³-hybridized carbons (Fsp3) is 0.636. The van der Waals surface area contributed by atoms with Gasteiger partial charge in [-0.25, -0.2) is 0 Å². The monoisotopic (exact) mass is 385 g/mol. The van der Waals surface area contributed by atoms with Crippen molar-refractivity contribution in [2.45, 2.75) is 38.1 Å². The summed E-state index contributed by atoms with van der Waals surface area (Å²) in [6.45, 7) is 4.98.